The van der Waals surface area contributed by atoms with Gasteiger partial charge in [0.2, 0.25) is 5.91 Å². The van der Waals surface area contributed by atoms with Gasteiger partial charge in [-0.3, -0.25) is 4.79 Å². The second-order valence-electron chi connectivity index (χ2n) is 9.16. The van der Waals surface area contributed by atoms with E-state index in [0.29, 0.717) is 24.8 Å². The summed E-state index contributed by atoms with van der Waals surface area (Å²) in [5.74, 6) is -0.220. The summed E-state index contributed by atoms with van der Waals surface area (Å²) in [5.41, 5.74) is 0.531. The molecule has 0 bridgehead atoms. The molecule has 0 saturated heterocycles. The topological polar surface area (TPSA) is 82.1 Å². The van der Waals surface area contributed by atoms with Crippen LogP contribution < -0.4 is 8.92 Å². The molecule has 0 N–H and O–H groups in total. The number of methoxy groups -OCH3 is 2. The highest BCUT2D eigenvalue weighted by molar-refractivity contribution is 7.87. The summed E-state index contributed by atoms with van der Waals surface area (Å²) in [7, 11) is -1.78. The minimum absolute atomic E-state index is 0.0456. The van der Waals surface area contributed by atoms with Crippen LogP contribution in [0.3, 0.4) is 0 Å². The van der Waals surface area contributed by atoms with Crippen LogP contribution in [0.2, 0.25) is 0 Å². The molecular weight excluding hydrogens is 535 g/mol. The number of nitrogens with zero attached hydrogens (tertiary/aromatic N) is 1. The van der Waals surface area contributed by atoms with E-state index in [9.17, 15) is 26.4 Å². The molecule has 0 radical (unpaired) electrons. The maximum atomic E-state index is 13.4. The quantitative estimate of drug-likeness (QED) is 0.296. The van der Waals surface area contributed by atoms with E-state index in [1.165, 1.54) is 26.4 Å². The number of rotatable bonds is 11. The number of halogens is 3. The van der Waals surface area contributed by atoms with Gasteiger partial charge in [-0.25, -0.2) is 0 Å². The van der Waals surface area contributed by atoms with Crippen molar-refractivity contribution in [3.8, 4) is 11.5 Å². The van der Waals surface area contributed by atoms with Crippen molar-refractivity contribution in [2.75, 3.05) is 27.4 Å². The summed E-state index contributed by atoms with van der Waals surface area (Å²) < 4.78 is 80.7. The van der Waals surface area contributed by atoms with Crippen LogP contribution in [0, 0.1) is 5.92 Å². The Bertz CT molecular complexity index is 1410. The first kappa shape index (κ1) is 28.4. The summed E-state index contributed by atoms with van der Waals surface area (Å²) in [6.45, 7) is 0.764. The molecule has 1 saturated carbocycles. The first-order valence-corrected chi connectivity index (χ1v) is 13.6. The lowest BCUT2D eigenvalue weighted by atomic mass is 10.1. The molecule has 3 aromatic carbocycles. The fraction of sp³-hybridized carbons (Fsp3) is 0.321. The Morgan fingerprint density at radius 2 is 1.72 bits per heavy atom. The first-order valence-electron chi connectivity index (χ1n) is 12.1. The van der Waals surface area contributed by atoms with Crippen LogP contribution in [0.25, 0.3) is 0 Å². The highest BCUT2D eigenvalue weighted by Crippen LogP contribution is 2.48. The molecular formula is C28H28F3NO6S. The SMILES string of the molecule is COCCN(Cc1ccc(OC)c(OS(=O)(=O)c2cccc(C(F)(F)F)c2)c1)C(=O)C1C[C@H]1c1ccccc1. The van der Waals surface area contributed by atoms with Crippen molar-refractivity contribution in [2.45, 2.75) is 30.0 Å². The van der Waals surface area contributed by atoms with Gasteiger partial charge in [0.05, 0.1) is 19.3 Å². The molecule has 1 fully saturated rings. The van der Waals surface area contributed by atoms with E-state index in [1.807, 2.05) is 30.3 Å². The third kappa shape index (κ3) is 6.90. The molecule has 7 nitrogen and oxygen atoms in total. The van der Waals surface area contributed by atoms with Crippen LogP contribution in [-0.4, -0.2) is 46.6 Å². The van der Waals surface area contributed by atoms with Gasteiger partial charge in [-0.05, 0) is 53.8 Å². The van der Waals surface area contributed by atoms with Crippen LogP contribution in [-0.2, 0) is 32.4 Å². The maximum absolute atomic E-state index is 13.4. The van der Waals surface area contributed by atoms with E-state index in [1.54, 1.807) is 11.0 Å². The van der Waals surface area contributed by atoms with Crippen molar-refractivity contribution in [3.63, 3.8) is 0 Å². The Morgan fingerprint density at radius 1 is 0.974 bits per heavy atom. The molecule has 1 aliphatic rings. The summed E-state index contributed by atoms with van der Waals surface area (Å²) in [5, 5.41) is 0. The highest BCUT2D eigenvalue weighted by atomic mass is 32.2. The molecule has 1 aliphatic carbocycles. The largest absolute Gasteiger partial charge is 0.493 e. The average molecular weight is 564 g/mol. The third-order valence-electron chi connectivity index (χ3n) is 6.46. The monoisotopic (exact) mass is 563 g/mol. The number of carbonyl (C=O) groups is 1. The Morgan fingerprint density at radius 3 is 2.38 bits per heavy atom. The van der Waals surface area contributed by atoms with Gasteiger partial charge in [-0.2, -0.15) is 21.6 Å². The lowest BCUT2D eigenvalue weighted by Gasteiger charge is -2.23. The van der Waals surface area contributed by atoms with Crippen LogP contribution in [0.4, 0.5) is 13.2 Å². The number of hydrogen-bond acceptors (Lipinski definition) is 6. The van der Waals surface area contributed by atoms with Crippen molar-refractivity contribution < 1.29 is 40.0 Å². The van der Waals surface area contributed by atoms with Crippen molar-refractivity contribution in [2.24, 2.45) is 5.92 Å². The minimum atomic E-state index is -4.72. The molecule has 1 amide bonds. The van der Waals surface area contributed by atoms with Gasteiger partial charge in [0.1, 0.15) is 4.90 Å². The zero-order chi connectivity index (χ0) is 28.2. The lowest BCUT2D eigenvalue weighted by Crippen LogP contribution is -2.35. The predicted molar refractivity (Wildman–Crippen MR) is 137 cm³/mol. The zero-order valence-electron chi connectivity index (χ0n) is 21.4. The van der Waals surface area contributed by atoms with Crippen LogP contribution in [0.1, 0.15) is 29.0 Å². The minimum Gasteiger partial charge on any atom is -0.493 e. The Hall–Kier alpha value is -3.57. The summed E-state index contributed by atoms with van der Waals surface area (Å²) in [4.78, 5) is 14.4. The summed E-state index contributed by atoms with van der Waals surface area (Å²) >= 11 is 0. The van der Waals surface area contributed by atoms with Gasteiger partial charge in [-0.1, -0.05) is 42.5 Å². The number of hydrogen-bond donors (Lipinski definition) is 0. The normalized spacial score (nSPS) is 16.9. The van der Waals surface area contributed by atoms with E-state index >= 15 is 0 Å². The van der Waals surface area contributed by atoms with E-state index in [4.69, 9.17) is 13.7 Å². The van der Waals surface area contributed by atoms with Gasteiger partial charge < -0.3 is 18.6 Å². The standard InChI is InChI=1S/C28H28F3NO6S/c1-36-14-13-32(27(33)24-17-23(24)20-7-4-3-5-8-20)18-19-11-12-25(37-2)26(15-19)38-39(34,35)22-10-6-9-21(16-22)28(29,30)31/h3-12,15-16,23-24H,13-14,17-18H2,1-2H3/t23-,24?/m0/s1. The lowest BCUT2D eigenvalue weighted by molar-refractivity contribution is -0.137. The predicted octanol–water partition coefficient (Wildman–Crippen LogP) is 5.26. The summed E-state index contributed by atoms with van der Waals surface area (Å²) in [6.07, 6.45) is -3.99. The fourth-order valence-electron chi connectivity index (χ4n) is 4.34. The second kappa shape index (κ2) is 11.7. The van der Waals surface area contributed by atoms with Gasteiger partial charge in [-0.15, -0.1) is 0 Å². The number of benzene rings is 3. The van der Waals surface area contributed by atoms with E-state index < -0.39 is 26.8 Å². The maximum Gasteiger partial charge on any atom is 0.416 e. The molecule has 0 spiro atoms. The van der Waals surface area contributed by atoms with E-state index in [2.05, 4.69) is 0 Å². The molecule has 0 heterocycles. The molecule has 4 rings (SSSR count). The Labute approximate surface area is 225 Å². The molecule has 2 atom stereocenters. The van der Waals surface area contributed by atoms with Crippen LogP contribution in [0.15, 0.2) is 77.7 Å². The Balaban J connectivity index is 1.55. The van der Waals surface area contributed by atoms with Gasteiger partial charge >= 0.3 is 16.3 Å². The summed E-state index contributed by atoms with van der Waals surface area (Å²) in [6, 6.07) is 17.6. The van der Waals surface area contributed by atoms with Gasteiger partial charge in [0.25, 0.3) is 0 Å². The van der Waals surface area contributed by atoms with Gasteiger partial charge in [0.15, 0.2) is 11.5 Å². The van der Waals surface area contributed by atoms with Crippen LogP contribution >= 0.6 is 0 Å². The van der Waals surface area contributed by atoms with E-state index in [0.717, 1.165) is 30.2 Å². The molecule has 3 aromatic rings. The van der Waals surface area contributed by atoms with Crippen molar-refractivity contribution in [1.82, 2.24) is 4.90 Å². The van der Waals surface area contributed by atoms with Crippen LogP contribution in [0.5, 0.6) is 11.5 Å². The first-order chi connectivity index (χ1) is 18.5. The fourth-order valence-corrected chi connectivity index (χ4v) is 5.32. The molecule has 39 heavy (non-hydrogen) atoms. The molecule has 0 aromatic heterocycles. The van der Waals surface area contributed by atoms with E-state index in [-0.39, 0.29) is 35.8 Å². The smallest absolute Gasteiger partial charge is 0.416 e. The second-order valence-corrected chi connectivity index (χ2v) is 10.7. The zero-order valence-corrected chi connectivity index (χ0v) is 22.2. The van der Waals surface area contributed by atoms with Crippen molar-refractivity contribution in [1.29, 1.82) is 0 Å². The van der Waals surface area contributed by atoms with Crippen molar-refractivity contribution >= 4 is 16.0 Å². The number of ether oxygens (including phenoxy) is 2. The molecule has 208 valence electrons. The molecule has 1 unspecified atom stereocenters. The van der Waals surface area contributed by atoms with Gasteiger partial charge in [0, 0.05) is 26.1 Å². The highest BCUT2D eigenvalue weighted by Gasteiger charge is 2.45. The molecule has 11 heteroatoms. The third-order valence-corrected chi connectivity index (χ3v) is 7.69. The van der Waals surface area contributed by atoms with Crippen molar-refractivity contribution in [3.05, 3.63) is 89.5 Å². The number of alkyl halides is 3. The number of amides is 1. The Kier molecular flexibility index (Phi) is 8.51. The average Bonchev–Trinajstić information content (AvgIpc) is 3.72. The molecule has 0 aliphatic heterocycles. The number of carbonyl (C=O) groups excluding carboxylic acids is 1.